The van der Waals surface area contributed by atoms with Crippen molar-refractivity contribution in [1.82, 2.24) is 14.8 Å². The number of aromatic nitrogens is 1. The van der Waals surface area contributed by atoms with Crippen molar-refractivity contribution in [2.45, 2.75) is 10.9 Å². The second-order valence-electron chi connectivity index (χ2n) is 9.14. The summed E-state index contributed by atoms with van der Waals surface area (Å²) in [6, 6.07) is 25.8. The fourth-order valence-electron chi connectivity index (χ4n) is 4.70. The van der Waals surface area contributed by atoms with Crippen molar-refractivity contribution in [3.8, 4) is 0 Å². The van der Waals surface area contributed by atoms with E-state index in [9.17, 15) is 8.42 Å². The number of hydrogen-bond acceptors (Lipinski definition) is 7. The summed E-state index contributed by atoms with van der Waals surface area (Å²) in [7, 11) is -3.64. The van der Waals surface area contributed by atoms with E-state index in [1.54, 1.807) is 35.8 Å². The van der Waals surface area contributed by atoms with E-state index in [1.165, 1.54) is 22.5 Å². The van der Waals surface area contributed by atoms with Crippen LogP contribution in [0.4, 0.5) is 10.8 Å². The lowest BCUT2D eigenvalue weighted by atomic mass is 9.96. The SMILES string of the molecule is O=S(=O)(Nc1nccs1)c1ccc(NCCN2CCN([C@H](c3ccccc3)c3ccc(Cl)cc3)CC2)cc1. The highest BCUT2D eigenvalue weighted by atomic mass is 35.5. The Labute approximate surface area is 233 Å². The zero-order valence-corrected chi connectivity index (χ0v) is 23.2. The molecule has 0 amide bonds. The number of anilines is 2. The molecule has 0 saturated carbocycles. The Morgan fingerprint density at radius 2 is 1.58 bits per heavy atom. The van der Waals surface area contributed by atoms with Gasteiger partial charge in [0, 0.05) is 61.6 Å². The number of benzene rings is 3. The van der Waals surface area contributed by atoms with Crippen molar-refractivity contribution in [2.24, 2.45) is 0 Å². The quantitative estimate of drug-likeness (QED) is 0.267. The summed E-state index contributed by atoms with van der Waals surface area (Å²) >= 11 is 7.40. The molecule has 2 heterocycles. The second kappa shape index (κ2) is 12.3. The Balaban J connectivity index is 1.13. The van der Waals surface area contributed by atoms with Gasteiger partial charge >= 0.3 is 0 Å². The highest BCUT2D eigenvalue weighted by Crippen LogP contribution is 2.30. The first-order valence-corrected chi connectivity index (χ1v) is 15.2. The van der Waals surface area contributed by atoms with Gasteiger partial charge in [-0.05, 0) is 47.5 Å². The molecule has 3 aromatic carbocycles. The normalized spacial score (nSPS) is 15.7. The van der Waals surface area contributed by atoms with Crippen LogP contribution in [0.5, 0.6) is 0 Å². The van der Waals surface area contributed by atoms with E-state index in [4.69, 9.17) is 11.6 Å². The molecule has 4 aromatic rings. The van der Waals surface area contributed by atoms with E-state index < -0.39 is 10.0 Å². The van der Waals surface area contributed by atoms with Crippen molar-refractivity contribution < 1.29 is 8.42 Å². The van der Waals surface area contributed by atoms with Gasteiger partial charge in [-0.15, -0.1) is 11.3 Å². The highest BCUT2D eigenvalue weighted by Gasteiger charge is 2.26. The number of hydrogen-bond donors (Lipinski definition) is 2. The first kappa shape index (κ1) is 26.6. The van der Waals surface area contributed by atoms with Gasteiger partial charge in [-0.3, -0.25) is 14.5 Å². The van der Waals surface area contributed by atoms with Crippen molar-refractivity contribution in [3.05, 3.63) is 107 Å². The van der Waals surface area contributed by atoms with Crippen LogP contribution in [0.15, 0.2) is 95.3 Å². The Hall–Kier alpha value is -2.95. The fourth-order valence-corrected chi connectivity index (χ4v) is 6.61. The molecular weight excluding hydrogens is 538 g/mol. The minimum atomic E-state index is -3.64. The molecule has 0 bridgehead atoms. The van der Waals surface area contributed by atoms with Gasteiger partial charge in [0.2, 0.25) is 0 Å². The van der Waals surface area contributed by atoms with E-state index in [2.05, 4.69) is 67.3 Å². The van der Waals surface area contributed by atoms with E-state index in [0.717, 1.165) is 50.0 Å². The highest BCUT2D eigenvalue weighted by molar-refractivity contribution is 7.93. The lowest BCUT2D eigenvalue weighted by molar-refractivity contribution is 0.112. The fraction of sp³-hybridized carbons (Fsp3) is 0.250. The van der Waals surface area contributed by atoms with Gasteiger partial charge in [0.1, 0.15) is 0 Å². The van der Waals surface area contributed by atoms with Crippen LogP contribution < -0.4 is 10.0 Å². The van der Waals surface area contributed by atoms with Crippen LogP contribution in [0.1, 0.15) is 17.2 Å². The molecule has 1 aliphatic heterocycles. The van der Waals surface area contributed by atoms with Crippen LogP contribution in [0, 0.1) is 0 Å². The lowest BCUT2D eigenvalue weighted by Crippen LogP contribution is -2.48. The Bertz CT molecular complexity index is 1390. The number of piperazine rings is 1. The maximum Gasteiger partial charge on any atom is 0.263 e. The summed E-state index contributed by atoms with van der Waals surface area (Å²) in [5.41, 5.74) is 3.43. The Kier molecular flexibility index (Phi) is 8.61. The number of halogens is 1. The molecule has 5 rings (SSSR count). The summed E-state index contributed by atoms with van der Waals surface area (Å²) in [5, 5.41) is 6.25. The monoisotopic (exact) mass is 567 g/mol. The molecule has 1 aliphatic rings. The Morgan fingerprint density at radius 3 is 2.24 bits per heavy atom. The molecule has 0 spiro atoms. The zero-order chi connectivity index (χ0) is 26.4. The minimum Gasteiger partial charge on any atom is -0.384 e. The summed E-state index contributed by atoms with van der Waals surface area (Å²) in [6.07, 6.45) is 1.57. The first-order chi connectivity index (χ1) is 18.5. The number of sulfonamides is 1. The first-order valence-electron chi connectivity index (χ1n) is 12.5. The number of nitrogens with one attached hydrogen (secondary N) is 2. The second-order valence-corrected chi connectivity index (χ2v) is 12.1. The summed E-state index contributed by atoms with van der Waals surface area (Å²) < 4.78 is 27.5. The van der Waals surface area contributed by atoms with Crippen molar-refractivity contribution in [2.75, 3.05) is 49.3 Å². The standard InChI is InChI=1S/C28H30ClN5O2S2/c29-24-8-6-23(7-9-24)27(22-4-2-1-3-5-22)34-19-17-33(18-20-34)16-14-30-25-10-12-26(13-11-25)38(35,36)32-28-31-15-21-37-28/h1-13,15,21,27,30H,14,16-20H2,(H,31,32)/t27-/m1/s1. The predicted octanol–water partition coefficient (Wildman–Crippen LogP) is 5.42. The van der Waals surface area contributed by atoms with E-state index in [0.29, 0.717) is 5.13 Å². The molecule has 198 valence electrons. The lowest BCUT2D eigenvalue weighted by Gasteiger charge is -2.40. The topological polar surface area (TPSA) is 77.6 Å². The van der Waals surface area contributed by atoms with Gasteiger partial charge in [0.15, 0.2) is 5.13 Å². The van der Waals surface area contributed by atoms with Crippen molar-refractivity contribution in [1.29, 1.82) is 0 Å². The third kappa shape index (κ3) is 6.73. The van der Waals surface area contributed by atoms with Gasteiger partial charge in [-0.2, -0.15) is 0 Å². The molecule has 7 nitrogen and oxygen atoms in total. The average Bonchev–Trinajstić information content (AvgIpc) is 3.44. The largest absolute Gasteiger partial charge is 0.384 e. The molecule has 1 saturated heterocycles. The number of rotatable bonds is 10. The van der Waals surface area contributed by atoms with Crippen LogP contribution in [0.2, 0.25) is 5.02 Å². The summed E-state index contributed by atoms with van der Waals surface area (Å²) in [6.45, 7) is 5.61. The average molecular weight is 568 g/mol. The van der Waals surface area contributed by atoms with Crippen LogP contribution in [0.25, 0.3) is 0 Å². The van der Waals surface area contributed by atoms with E-state index in [-0.39, 0.29) is 10.9 Å². The summed E-state index contributed by atoms with van der Waals surface area (Å²) in [4.78, 5) is 9.20. The molecule has 1 fully saturated rings. The molecule has 0 radical (unpaired) electrons. The third-order valence-electron chi connectivity index (χ3n) is 6.65. The Morgan fingerprint density at radius 1 is 0.895 bits per heavy atom. The van der Waals surface area contributed by atoms with Crippen molar-refractivity contribution >= 4 is 43.8 Å². The van der Waals surface area contributed by atoms with Crippen LogP contribution in [-0.4, -0.2) is 62.5 Å². The maximum absolute atomic E-state index is 12.5. The third-order valence-corrected chi connectivity index (χ3v) is 9.07. The zero-order valence-electron chi connectivity index (χ0n) is 20.8. The van der Waals surface area contributed by atoms with Gasteiger partial charge in [0.25, 0.3) is 10.0 Å². The molecule has 0 aliphatic carbocycles. The summed E-state index contributed by atoms with van der Waals surface area (Å²) in [5.74, 6) is 0. The molecule has 1 aromatic heterocycles. The van der Waals surface area contributed by atoms with E-state index >= 15 is 0 Å². The van der Waals surface area contributed by atoms with Crippen LogP contribution in [-0.2, 0) is 10.0 Å². The van der Waals surface area contributed by atoms with Gasteiger partial charge in [-0.1, -0.05) is 54.1 Å². The van der Waals surface area contributed by atoms with E-state index in [1.807, 2.05) is 12.1 Å². The molecule has 1 atom stereocenters. The molecule has 2 N–H and O–H groups in total. The predicted molar refractivity (Wildman–Crippen MR) is 156 cm³/mol. The van der Waals surface area contributed by atoms with Crippen LogP contribution in [0.3, 0.4) is 0 Å². The molecule has 0 unspecified atom stereocenters. The van der Waals surface area contributed by atoms with Gasteiger partial charge in [-0.25, -0.2) is 13.4 Å². The van der Waals surface area contributed by atoms with Gasteiger partial charge in [0.05, 0.1) is 10.9 Å². The van der Waals surface area contributed by atoms with Crippen molar-refractivity contribution in [3.63, 3.8) is 0 Å². The minimum absolute atomic E-state index is 0.202. The van der Waals surface area contributed by atoms with Gasteiger partial charge < -0.3 is 5.32 Å². The molecular formula is C28H30ClN5O2S2. The smallest absolute Gasteiger partial charge is 0.263 e. The maximum atomic E-state index is 12.5. The number of nitrogens with zero attached hydrogens (tertiary/aromatic N) is 3. The molecule has 38 heavy (non-hydrogen) atoms. The van der Waals surface area contributed by atoms with Crippen LogP contribution >= 0.6 is 22.9 Å². The molecule has 10 heteroatoms. The number of thiazole rings is 1.